The molecular formula is C25H18I3NO4. The van der Waals surface area contributed by atoms with Crippen LogP contribution in [0.5, 0.6) is 11.5 Å². The van der Waals surface area contributed by atoms with Gasteiger partial charge in [0.25, 0.3) is 0 Å². The summed E-state index contributed by atoms with van der Waals surface area (Å²) in [5, 5.41) is 0. The summed E-state index contributed by atoms with van der Waals surface area (Å²) in [4.78, 5) is 16.9. The Morgan fingerprint density at radius 2 is 1.79 bits per heavy atom. The van der Waals surface area contributed by atoms with Gasteiger partial charge >= 0.3 is 5.97 Å². The molecule has 0 atom stereocenters. The third kappa shape index (κ3) is 5.70. The molecule has 0 amide bonds. The molecule has 168 valence electrons. The van der Waals surface area contributed by atoms with E-state index >= 15 is 0 Å². The number of hydrogen-bond acceptors (Lipinski definition) is 5. The lowest BCUT2D eigenvalue weighted by molar-refractivity contribution is -0.129. The maximum Gasteiger partial charge on any atom is 0.363 e. The van der Waals surface area contributed by atoms with Gasteiger partial charge in [-0.1, -0.05) is 18.2 Å². The summed E-state index contributed by atoms with van der Waals surface area (Å²) >= 11 is 6.77. The number of cyclic esters (lactones) is 1. The van der Waals surface area contributed by atoms with Crippen molar-refractivity contribution in [3.8, 4) is 11.5 Å². The minimum Gasteiger partial charge on any atom is -0.493 e. The Morgan fingerprint density at radius 1 is 1.00 bits per heavy atom. The molecule has 3 aromatic carbocycles. The number of esters is 1. The van der Waals surface area contributed by atoms with E-state index in [1.165, 1.54) is 0 Å². The van der Waals surface area contributed by atoms with Gasteiger partial charge < -0.3 is 14.2 Å². The van der Waals surface area contributed by atoms with Crippen LogP contribution in [-0.4, -0.2) is 19.0 Å². The SMILES string of the molecule is COc1cc(/C=C2\N=C(c3ccc(I)c(C)c3)OC2=O)cc(I)c1OCc1ccccc1I. The third-order valence-corrected chi connectivity index (χ3v) is 7.97. The monoisotopic (exact) mass is 777 g/mol. The normalized spacial score (nSPS) is 14.3. The van der Waals surface area contributed by atoms with E-state index in [-0.39, 0.29) is 5.70 Å². The van der Waals surface area contributed by atoms with Crippen LogP contribution in [0.1, 0.15) is 22.3 Å². The molecule has 33 heavy (non-hydrogen) atoms. The summed E-state index contributed by atoms with van der Waals surface area (Å²) in [5.41, 5.74) is 3.99. The van der Waals surface area contributed by atoms with E-state index < -0.39 is 5.97 Å². The Morgan fingerprint density at radius 3 is 2.52 bits per heavy atom. The standard InChI is InChI=1S/C25H18I3NO4/c1-14-9-16(7-8-18(14)26)24-29-21(25(30)33-24)11-15-10-20(28)23(22(12-15)31-2)32-13-17-5-3-4-6-19(17)27/h3-12H,13H2,1-2H3/b21-11-. The van der Waals surface area contributed by atoms with E-state index in [0.717, 1.165) is 33.0 Å². The number of ether oxygens (including phenoxy) is 3. The molecule has 5 nitrogen and oxygen atoms in total. The number of carbonyl (C=O) groups excluding carboxylic acids is 1. The molecule has 0 fully saturated rings. The lowest BCUT2D eigenvalue weighted by atomic mass is 10.1. The van der Waals surface area contributed by atoms with E-state index in [1.54, 1.807) is 13.2 Å². The molecular weight excluding hydrogens is 759 g/mol. The van der Waals surface area contributed by atoms with Gasteiger partial charge in [-0.25, -0.2) is 9.79 Å². The second-order valence-electron chi connectivity index (χ2n) is 7.21. The van der Waals surface area contributed by atoms with Gasteiger partial charge in [-0.05, 0) is 128 Å². The summed E-state index contributed by atoms with van der Waals surface area (Å²) in [7, 11) is 1.60. The lowest BCUT2D eigenvalue weighted by Gasteiger charge is -2.14. The molecule has 0 N–H and O–H groups in total. The minimum atomic E-state index is -0.478. The maximum atomic E-state index is 12.4. The number of nitrogens with zero attached hydrogens (tertiary/aromatic N) is 1. The van der Waals surface area contributed by atoms with Gasteiger partial charge in [-0.3, -0.25) is 0 Å². The highest BCUT2D eigenvalue weighted by atomic mass is 127. The van der Waals surface area contributed by atoms with E-state index in [0.29, 0.717) is 24.0 Å². The Bertz CT molecular complexity index is 1300. The van der Waals surface area contributed by atoms with Gasteiger partial charge in [0.15, 0.2) is 17.2 Å². The van der Waals surface area contributed by atoms with Crippen LogP contribution >= 0.6 is 67.8 Å². The molecule has 0 spiro atoms. The number of halogens is 3. The van der Waals surface area contributed by atoms with Crippen molar-refractivity contribution in [2.45, 2.75) is 13.5 Å². The van der Waals surface area contributed by atoms with Crippen molar-refractivity contribution in [1.29, 1.82) is 0 Å². The van der Waals surface area contributed by atoms with Gasteiger partial charge in [-0.2, -0.15) is 0 Å². The van der Waals surface area contributed by atoms with Gasteiger partial charge in [0.1, 0.15) is 6.61 Å². The maximum absolute atomic E-state index is 12.4. The minimum absolute atomic E-state index is 0.242. The van der Waals surface area contributed by atoms with Gasteiger partial charge in [0.2, 0.25) is 5.90 Å². The van der Waals surface area contributed by atoms with Crippen molar-refractivity contribution in [2.75, 3.05) is 7.11 Å². The highest BCUT2D eigenvalue weighted by Crippen LogP contribution is 2.36. The van der Waals surface area contributed by atoms with Crippen LogP contribution in [0.25, 0.3) is 6.08 Å². The average molecular weight is 777 g/mol. The lowest BCUT2D eigenvalue weighted by Crippen LogP contribution is -2.05. The van der Waals surface area contributed by atoms with Crippen LogP contribution in [0, 0.1) is 17.6 Å². The fourth-order valence-corrected chi connectivity index (χ4v) is 4.86. The molecule has 8 heteroatoms. The number of carbonyl (C=O) groups is 1. The number of rotatable bonds is 6. The number of methoxy groups -OCH3 is 1. The molecule has 0 bridgehead atoms. The number of aliphatic imine (C=N–C) groups is 1. The summed E-state index contributed by atoms with van der Waals surface area (Å²) in [6.45, 7) is 2.44. The largest absolute Gasteiger partial charge is 0.493 e. The molecule has 1 heterocycles. The third-order valence-electron chi connectivity index (χ3n) is 4.91. The van der Waals surface area contributed by atoms with E-state index in [9.17, 15) is 4.79 Å². The molecule has 0 unspecified atom stereocenters. The molecule has 1 aliphatic rings. The fraction of sp³-hybridized carbons (Fsp3) is 0.120. The number of aryl methyl sites for hydroxylation is 1. The first-order chi connectivity index (χ1) is 15.9. The van der Waals surface area contributed by atoms with Crippen LogP contribution < -0.4 is 9.47 Å². The molecule has 0 saturated carbocycles. The van der Waals surface area contributed by atoms with Crippen molar-refractivity contribution < 1.29 is 19.0 Å². The number of benzene rings is 3. The quantitative estimate of drug-likeness (QED) is 0.158. The van der Waals surface area contributed by atoms with E-state index in [4.69, 9.17) is 14.2 Å². The zero-order chi connectivity index (χ0) is 23.5. The molecule has 3 aromatic rings. The predicted molar refractivity (Wildman–Crippen MR) is 154 cm³/mol. The van der Waals surface area contributed by atoms with E-state index in [2.05, 4.69) is 72.8 Å². The first kappa shape index (κ1) is 24.5. The second kappa shape index (κ2) is 10.7. The Hall–Kier alpha value is -1.67. The van der Waals surface area contributed by atoms with Gasteiger partial charge in [-0.15, -0.1) is 0 Å². The van der Waals surface area contributed by atoms with Crippen LogP contribution in [0.3, 0.4) is 0 Å². The first-order valence-corrected chi connectivity index (χ1v) is 13.1. The van der Waals surface area contributed by atoms with Crippen molar-refractivity contribution in [2.24, 2.45) is 4.99 Å². The molecule has 0 aliphatic carbocycles. The van der Waals surface area contributed by atoms with Crippen molar-refractivity contribution >= 4 is 85.7 Å². The van der Waals surface area contributed by atoms with Crippen LogP contribution in [0.15, 0.2) is 65.3 Å². The zero-order valence-electron chi connectivity index (χ0n) is 17.7. The van der Waals surface area contributed by atoms with E-state index in [1.807, 2.05) is 61.5 Å². The summed E-state index contributed by atoms with van der Waals surface area (Å²) < 4.78 is 20.2. The average Bonchev–Trinajstić information content (AvgIpc) is 3.15. The molecule has 1 aliphatic heterocycles. The zero-order valence-corrected chi connectivity index (χ0v) is 24.2. The topological polar surface area (TPSA) is 57.1 Å². The van der Waals surface area contributed by atoms with Crippen LogP contribution in [0.4, 0.5) is 0 Å². The van der Waals surface area contributed by atoms with Crippen LogP contribution in [-0.2, 0) is 16.1 Å². The van der Waals surface area contributed by atoms with Crippen molar-refractivity contribution in [3.63, 3.8) is 0 Å². The van der Waals surface area contributed by atoms with Gasteiger partial charge in [0, 0.05) is 18.3 Å². The first-order valence-electron chi connectivity index (χ1n) is 9.88. The molecule has 0 aromatic heterocycles. The Balaban J connectivity index is 1.60. The predicted octanol–water partition coefficient (Wildman–Crippen LogP) is 6.74. The van der Waals surface area contributed by atoms with Crippen molar-refractivity contribution in [1.82, 2.24) is 0 Å². The van der Waals surface area contributed by atoms with Crippen molar-refractivity contribution in [3.05, 3.63) is 93.3 Å². The fourth-order valence-electron chi connectivity index (χ4n) is 3.20. The highest BCUT2D eigenvalue weighted by Gasteiger charge is 2.25. The Kier molecular flexibility index (Phi) is 7.95. The highest BCUT2D eigenvalue weighted by molar-refractivity contribution is 14.1. The smallest absolute Gasteiger partial charge is 0.363 e. The van der Waals surface area contributed by atoms with Crippen LogP contribution in [0.2, 0.25) is 0 Å². The molecule has 0 saturated heterocycles. The Labute approximate surface area is 233 Å². The summed E-state index contributed by atoms with van der Waals surface area (Å²) in [6.07, 6.45) is 1.70. The van der Waals surface area contributed by atoms with Gasteiger partial charge in [0.05, 0.1) is 10.7 Å². The molecule has 4 rings (SSSR count). The number of hydrogen-bond donors (Lipinski definition) is 0. The molecule has 0 radical (unpaired) electrons. The second-order valence-corrected chi connectivity index (χ2v) is 10.7. The summed E-state index contributed by atoms with van der Waals surface area (Å²) in [6, 6.07) is 17.7. The summed E-state index contributed by atoms with van der Waals surface area (Å²) in [5.74, 6) is 1.08.